The number of nitrogens with two attached hydrogens (primary N) is 1. The fourth-order valence-electron chi connectivity index (χ4n) is 3.12. The van der Waals surface area contributed by atoms with Crippen LogP contribution in [0.3, 0.4) is 0 Å². The van der Waals surface area contributed by atoms with Crippen LogP contribution in [0.15, 0.2) is 0 Å². The van der Waals surface area contributed by atoms with Crippen molar-refractivity contribution < 1.29 is 4.79 Å². The molecule has 0 aromatic carbocycles. The number of aryl methyl sites for hydroxylation is 2. The molecule has 6 nitrogen and oxygen atoms in total. The Labute approximate surface area is 126 Å². The zero-order valence-electron chi connectivity index (χ0n) is 13.5. The molecule has 1 aliphatic rings. The van der Waals surface area contributed by atoms with Gasteiger partial charge in [-0.2, -0.15) is 5.10 Å². The summed E-state index contributed by atoms with van der Waals surface area (Å²) in [7, 11) is 1.87. The lowest BCUT2D eigenvalue weighted by Crippen LogP contribution is -2.47. The predicted molar refractivity (Wildman–Crippen MR) is 84.6 cm³/mol. The number of carbonyl (C=O) groups excluding carboxylic acids is 1. The summed E-state index contributed by atoms with van der Waals surface area (Å²) < 4.78 is 1.78. The molecule has 2 rings (SSSR count). The highest BCUT2D eigenvalue weighted by Gasteiger charge is 2.27. The molecule has 3 N–H and O–H groups in total. The van der Waals surface area contributed by atoms with Crippen molar-refractivity contribution in [3.8, 4) is 0 Å². The van der Waals surface area contributed by atoms with E-state index in [-0.39, 0.29) is 6.04 Å². The van der Waals surface area contributed by atoms with E-state index in [9.17, 15) is 4.79 Å². The summed E-state index contributed by atoms with van der Waals surface area (Å²) in [6.45, 7) is 8.05. The summed E-state index contributed by atoms with van der Waals surface area (Å²) in [6.07, 6.45) is 3.68. The molecule has 1 aromatic rings. The number of nitrogens with one attached hydrogen (secondary N) is 1. The maximum absolute atomic E-state index is 11.8. The van der Waals surface area contributed by atoms with Crippen molar-refractivity contribution in [2.75, 3.05) is 18.0 Å². The molecule has 21 heavy (non-hydrogen) atoms. The van der Waals surface area contributed by atoms with Gasteiger partial charge in [0.05, 0.1) is 5.69 Å². The molecule has 1 aliphatic heterocycles. The van der Waals surface area contributed by atoms with Crippen LogP contribution in [-0.2, 0) is 7.05 Å². The monoisotopic (exact) mass is 293 g/mol. The van der Waals surface area contributed by atoms with Crippen LogP contribution in [0.1, 0.15) is 49.2 Å². The third kappa shape index (κ3) is 3.37. The number of hydrogen-bond donors (Lipinski definition) is 2. The molecule has 1 atom stereocenters. The van der Waals surface area contributed by atoms with Gasteiger partial charge < -0.3 is 16.0 Å². The van der Waals surface area contributed by atoms with Crippen LogP contribution in [0.2, 0.25) is 0 Å². The van der Waals surface area contributed by atoms with Gasteiger partial charge in [0.15, 0.2) is 0 Å². The first-order valence-corrected chi connectivity index (χ1v) is 7.75. The van der Waals surface area contributed by atoms with E-state index in [4.69, 9.17) is 5.73 Å². The summed E-state index contributed by atoms with van der Waals surface area (Å²) in [5.41, 5.74) is 6.81. The van der Waals surface area contributed by atoms with Crippen molar-refractivity contribution in [3.63, 3.8) is 0 Å². The molecule has 1 aromatic heterocycles. The molecule has 118 valence electrons. The van der Waals surface area contributed by atoms with Crippen LogP contribution >= 0.6 is 0 Å². The van der Waals surface area contributed by atoms with Gasteiger partial charge in [0.25, 0.3) is 5.91 Å². The van der Waals surface area contributed by atoms with E-state index in [1.165, 1.54) is 19.3 Å². The summed E-state index contributed by atoms with van der Waals surface area (Å²) in [4.78, 5) is 14.0. The molecular formula is C15H27N5O. The van der Waals surface area contributed by atoms with Crippen LogP contribution in [0, 0.1) is 6.92 Å². The Morgan fingerprint density at radius 2 is 2.24 bits per heavy atom. The fourth-order valence-corrected chi connectivity index (χ4v) is 3.12. The minimum absolute atomic E-state index is 0.279. The lowest BCUT2D eigenvalue weighted by atomic mass is 10.0. The number of nitrogens with zero attached hydrogens (tertiary/aromatic N) is 3. The normalized spacial score (nSPS) is 19.0. The number of rotatable bonds is 5. The van der Waals surface area contributed by atoms with Crippen LogP contribution in [0.5, 0.6) is 0 Å². The molecule has 1 fully saturated rings. The average molecular weight is 293 g/mol. The molecule has 0 aliphatic carbocycles. The lowest BCUT2D eigenvalue weighted by molar-refractivity contribution is 0.1000. The van der Waals surface area contributed by atoms with Crippen molar-refractivity contribution in [2.45, 2.75) is 52.1 Å². The quantitative estimate of drug-likeness (QED) is 0.855. The first-order valence-electron chi connectivity index (χ1n) is 7.75. The van der Waals surface area contributed by atoms with Crippen molar-refractivity contribution in [2.24, 2.45) is 12.8 Å². The Balaban J connectivity index is 2.31. The van der Waals surface area contributed by atoms with E-state index in [2.05, 4.69) is 29.2 Å². The van der Waals surface area contributed by atoms with Gasteiger partial charge in [0.2, 0.25) is 0 Å². The number of anilines is 1. The van der Waals surface area contributed by atoms with Gasteiger partial charge in [0, 0.05) is 25.7 Å². The van der Waals surface area contributed by atoms with E-state index in [1.54, 1.807) is 4.68 Å². The second kappa shape index (κ2) is 6.47. The summed E-state index contributed by atoms with van der Waals surface area (Å²) in [5, 5.41) is 7.94. The summed E-state index contributed by atoms with van der Waals surface area (Å²) in [5.74, 6) is 0.431. The number of carbonyl (C=O) groups is 1. The minimum Gasteiger partial charge on any atom is -0.365 e. The van der Waals surface area contributed by atoms with Gasteiger partial charge >= 0.3 is 0 Å². The molecule has 1 unspecified atom stereocenters. The highest BCUT2D eigenvalue weighted by atomic mass is 16.1. The number of amides is 1. The molecular weight excluding hydrogens is 266 g/mol. The molecule has 1 amide bonds. The van der Waals surface area contributed by atoms with Crippen molar-refractivity contribution in [3.05, 3.63) is 11.3 Å². The van der Waals surface area contributed by atoms with E-state index >= 15 is 0 Å². The molecule has 0 bridgehead atoms. The molecule has 6 heteroatoms. The molecule has 0 saturated carbocycles. The minimum atomic E-state index is -0.405. The Morgan fingerprint density at radius 3 is 2.76 bits per heavy atom. The van der Waals surface area contributed by atoms with Gasteiger partial charge in [-0.3, -0.25) is 9.48 Å². The van der Waals surface area contributed by atoms with E-state index in [0.29, 0.717) is 17.3 Å². The predicted octanol–water partition coefficient (Wildman–Crippen LogP) is 1.18. The van der Waals surface area contributed by atoms with Crippen LogP contribution < -0.4 is 16.0 Å². The number of piperidine rings is 1. The Bertz CT molecular complexity index is 502. The van der Waals surface area contributed by atoms with Gasteiger partial charge in [-0.25, -0.2) is 0 Å². The Morgan fingerprint density at radius 1 is 1.52 bits per heavy atom. The number of hydrogen-bond acceptors (Lipinski definition) is 4. The lowest BCUT2D eigenvalue weighted by Gasteiger charge is -2.35. The molecule has 0 spiro atoms. The topological polar surface area (TPSA) is 76.2 Å². The van der Waals surface area contributed by atoms with Gasteiger partial charge in [-0.15, -0.1) is 0 Å². The Hall–Kier alpha value is -1.56. The second-order valence-electron chi connectivity index (χ2n) is 6.16. The van der Waals surface area contributed by atoms with Crippen molar-refractivity contribution >= 4 is 11.7 Å². The van der Waals surface area contributed by atoms with Crippen molar-refractivity contribution in [1.29, 1.82) is 0 Å². The maximum atomic E-state index is 11.8. The van der Waals surface area contributed by atoms with Crippen LogP contribution in [0.25, 0.3) is 0 Å². The van der Waals surface area contributed by atoms with Crippen LogP contribution in [0.4, 0.5) is 5.82 Å². The first-order chi connectivity index (χ1) is 9.91. The second-order valence-corrected chi connectivity index (χ2v) is 6.16. The zero-order valence-corrected chi connectivity index (χ0v) is 13.5. The smallest absolute Gasteiger partial charge is 0.254 e. The molecule has 2 heterocycles. The highest BCUT2D eigenvalue weighted by Crippen LogP contribution is 2.25. The molecule has 0 radical (unpaired) electrons. The van der Waals surface area contributed by atoms with Gasteiger partial charge in [0.1, 0.15) is 11.4 Å². The average Bonchev–Trinajstić information content (AvgIpc) is 2.71. The van der Waals surface area contributed by atoms with E-state index in [0.717, 1.165) is 18.9 Å². The van der Waals surface area contributed by atoms with E-state index < -0.39 is 5.91 Å². The largest absolute Gasteiger partial charge is 0.365 e. The first kappa shape index (κ1) is 15.8. The zero-order chi connectivity index (χ0) is 15.6. The molecule has 1 saturated heterocycles. The summed E-state index contributed by atoms with van der Waals surface area (Å²) >= 11 is 0. The standard InChI is InChI=1S/C15H27N5O/c1-10(2)20(9-12-7-5-6-8-17-12)15-13(14(16)21)11(3)18-19(15)4/h10,12,17H,5-9H2,1-4H3,(H2,16,21). The van der Waals surface area contributed by atoms with Crippen molar-refractivity contribution in [1.82, 2.24) is 15.1 Å². The van der Waals surface area contributed by atoms with Crippen LogP contribution in [-0.4, -0.2) is 40.9 Å². The number of aromatic nitrogens is 2. The van der Waals surface area contributed by atoms with Gasteiger partial charge in [-0.05, 0) is 40.2 Å². The third-order valence-corrected chi connectivity index (χ3v) is 4.16. The number of primary amides is 1. The maximum Gasteiger partial charge on any atom is 0.254 e. The van der Waals surface area contributed by atoms with Gasteiger partial charge in [-0.1, -0.05) is 6.42 Å². The highest BCUT2D eigenvalue weighted by molar-refractivity contribution is 5.99. The van der Waals surface area contributed by atoms with E-state index in [1.807, 2.05) is 14.0 Å². The Kier molecular flexibility index (Phi) is 4.88. The third-order valence-electron chi connectivity index (χ3n) is 4.16. The fraction of sp³-hybridized carbons (Fsp3) is 0.733. The summed E-state index contributed by atoms with van der Waals surface area (Å²) in [6, 6.07) is 0.735. The SMILES string of the molecule is Cc1nn(C)c(N(CC2CCCCN2)C(C)C)c1C(N)=O.